The van der Waals surface area contributed by atoms with Crippen molar-refractivity contribution >= 4 is 35.6 Å². The second kappa shape index (κ2) is 13.6. The molecule has 4 unspecified atom stereocenters. The lowest BCUT2D eigenvalue weighted by Gasteiger charge is -2.25. The zero-order chi connectivity index (χ0) is 26.7. The van der Waals surface area contributed by atoms with Gasteiger partial charge in [-0.3, -0.25) is 24.0 Å². The summed E-state index contributed by atoms with van der Waals surface area (Å²) in [5.74, 6) is -6.80. The first-order valence-corrected chi connectivity index (χ1v) is 10.7. The third-order valence-electron chi connectivity index (χ3n) is 4.92. The van der Waals surface area contributed by atoms with Crippen LogP contribution < -0.4 is 27.4 Å². The molecule has 0 bridgehead atoms. The summed E-state index contributed by atoms with van der Waals surface area (Å²) in [7, 11) is 0. The molecule has 0 aromatic heterocycles. The molecule has 1 aromatic rings. The Balaban J connectivity index is 3.12. The Morgan fingerprint density at radius 2 is 1.37 bits per heavy atom. The fourth-order valence-corrected chi connectivity index (χ4v) is 3.07. The Labute approximate surface area is 201 Å². The Morgan fingerprint density at radius 1 is 0.829 bits per heavy atom. The first-order chi connectivity index (χ1) is 16.3. The van der Waals surface area contributed by atoms with Crippen LogP contribution in [0.3, 0.4) is 0 Å². The van der Waals surface area contributed by atoms with Crippen LogP contribution in [0, 0.1) is 5.92 Å². The van der Waals surface area contributed by atoms with E-state index in [0.29, 0.717) is 5.56 Å². The molecular formula is C22H31N5O8. The van der Waals surface area contributed by atoms with Gasteiger partial charge in [0.05, 0.1) is 18.9 Å². The Bertz CT molecular complexity index is 937. The number of amides is 4. The summed E-state index contributed by atoms with van der Waals surface area (Å²) in [6, 6.07) is 2.94. The maximum atomic E-state index is 13.0. The van der Waals surface area contributed by atoms with Gasteiger partial charge in [0.15, 0.2) is 0 Å². The summed E-state index contributed by atoms with van der Waals surface area (Å²) in [5, 5.41) is 25.1. The molecule has 4 amide bonds. The molecule has 0 aliphatic rings. The van der Waals surface area contributed by atoms with Crippen LogP contribution in [0.5, 0.6) is 0 Å². The molecule has 0 saturated carbocycles. The maximum Gasteiger partial charge on any atom is 0.326 e. The van der Waals surface area contributed by atoms with Crippen LogP contribution in [-0.4, -0.2) is 69.9 Å². The fourth-order valence-electron chi connectivity index (χ4n) is 3.07. The lowest BCUT2D eigenvalue weighted by Crippen LogP contribution is -2.58. The maximum absolute atomic E-state index is 13.0. The number of benzene rings is 1. The molecule has 35 heavy (non-hydrogen) atoms. The third kappa shape index (κ3) is 10.2. The first kappa shape index (κ1) is 29.0. The molecular weight excluding hydrogens is 462 g/mol. The average Bonchev–Trinajstić information content (AvgIpc) is 2.75. The summed E-state index contributed by atoms with van der Waals surface area (Å²) in [4.78, 5) is 71.9. The quantitative estimate of drug-likeness (QED) is 0.153. The minimum atomic E-state index is -1.52. The lowest BCUT2D eigenvalue weighted by molar-refractivity contribution is -0.143. The molecule has 9 N–H and O–H groups in total. The van der Waals surface area contributed by atoms with Crippen molar-refractivity contribution in [2.45, 2.75) is 57.3 Å². The standard InChI is InChI=1S/C22H31N5O8/c1-11(2)18(22(34)35)27-21(33)15(10-16(24)28)26-20(32)14(8-12-6-4-3-5-7-12)25-19(31)13(23)9-17(29)30/h3-7,11,13-15,18H,8-10,23H2,1-2H3,(H2,24,28)(H,25,31)(H,26,32)(H,27,33)(H,29,30)(H,34,35). The van der Waals surface area contributed by atoms with Crippen molar-refractivity contribution in [3.8, 4) is 0 Å². The SMILES string of the molecule is CC(C)C(NC(=O)C(CC(N)=O)NC(=O)C(Cc1ccccc1)NC(=O)C(N)CC(=O)O)C(=O)O. The smallest absolute Gasteiger partial charge is 0.326 e. The molecule has 0 heterocycles. The summed E-state index contributed by atoms with van der Waals surface area (Å²) in [6.07, 6.45) is -1.36. The normalized spacial score (nSPS) is 14.2. The highest BCUT2D eigenvalue weighted by Gasteiger charge is 2.32. The molecule has 0 aliphatic heterocycles. The van der Waals surface area contributed by atoms with E-state index >= 15 is 0 Å². The first-order valence-electron chi connectivity index (χ1n) is 10.7. The van der Waals surface area contributed by atoms with Crippen LogP contribution in [0.25, 0.3) is 0 Å². The molecule has 0 saturated heterocycles. The monoisotopic (exact) mass is 493 g/mol. The molecule has 1 aromatic carbocycles. The number of hydrogen-bond acceptors (Lipinski definition) is 7. The number of carboxylic acids is 2. The van der Waals surface area contributed by atoms with Crippen molar-refractivity contribution in [3.05, 3.63) is 35.9 Å². The van der Waals surface area contributed by atoms with Crippen molar-refractivity contribution in [3.63, 3.8) is 0 Å². The zero-order valence-corrected chi connectivity index (χ0v) is 19.4. The zero-order valence-electron chi connectivity index (χ0n) is 19.4. The summed E-state index contributed by atoms with van der Waals surface area (Å²) < 4.78 is 0. The van der Waals surface area contributed by atoms with Gasteiger partial charge >= 0.3 is 11.9 Å². The van der Waals surface area contributed by atoms with Gasteiger partial charge in [-0.1, -0.05) is 44.2 Å². The number of carbonyl (C=O) groups excluding carboxylic acids is 4. The van der Waals surface area contributed by atoms with Gasteiger partial charge in [-0.15, -0.1) is 0 Å². The molecule has 13 nitrogen and oxygen atoms in total. The van der Waals surface area contributed by atoms with E-state index in [1.54, 1.807) is 44.2 Å². The van der Waals surface area contributed by atoms with E-state index in [9.17, 15) is 33.9 Å². The van der Waals surface area contributed by atoms with Crippen LogP contribution >= 0.6 is 0 Å². The van der Waals surface area contributed by atoms with Crippen LogP contribution in [0.1, 0.15) is 32.3 Å². The van der Waals surface area contributed by atoms with Crippen molar-refractivity contribution < 1.29 is 39.0 Å². The Hall–Kier alpha value is -4.00. The molecule has 0 radical (unpaired) electrons. The van der Waals surface area contributed by atoms with Crippen LogP contribution in [0.15, 0.2) is 30.3 Å². The highest BCUT2D eigenvalue weighted by molar-refractivity contribution is 5.96. The van der Waals surface area contributed by atoms with E-state index in [2.05, 4.69) is 16.0 Å². The highest BCUT2D eigenvalue weighted by atomic mass is 16.4. The van der Waals surface area contributed by atoms with E-state index in [4.69, 9.17) is 16.6 Å². The van der Waals surface area contributed by atoms with Gasteiger partial charge in [0.1, 0.15) is 18.1 Å². The van der Waals surface area contributed by atoms with Gasteiger partial charge in [0.2, 0.25) is 23.6 Å². The highest BCUT2D eigenvalue weighted by Crippen LogP contribution is 2.07. The second-order valence-electron chi connectivity index (χ2n) is 8.26. The molecule has 4 atom stereocenters. The van der Waals surface area contributed by atoms with Crippen LogP contribution in [0.2, 0.25) is 0 Å². The largest absolute Gasteiger partial charge is 0.481 e. The van der Waals surface area contributed by atoms with E-state index in [0.717, 1.165) is 0 Å². The van der Waals surface area contributed by atoms with Crippen molar-refractivity contribution in [2.75, 3.05) is 0 Å². The summed E-state index contributed by atoms with van der Waals surface area (Å²) in [5.41, 5.74) is 11.4. The molecule has 13 heteroatoms. The Morgan fingerprint density at radius 3 is 1.86 bits per heavy atom. The molecule has 0 spiro atoms. The van der Waals surface area contributed by atoms with E-state index in [-0.39, 0.29) is 6.42 Å². The number of rotatable bonds is 14. The number of carboxylic acid groups (broad SMARTS) is 2. The van der Waals surface area contributed by atoms with E-state index < -0.39 is 78.5 Å². The van der Waals surface area contributed by atoms with E-state index in [1.165, 1.54) is 0 Å². The van der Waals surface area contributed by atoms with Gasteiger partial charge in [-0.25, -0.2) is 4.79 Å². The minimum absolute atomic E-state index is 0.0487. The average molecular weight is 494 g/mol. The number of hydrogen-bond donors (Lipinski definition) is 7. The molecule has 0 aliphatic carbocycles. The van der Waals surface area contributed by atoms with Gasteiger partial charge in [0.25, 0.3) is 0 Å². The molecule has 192 valence electrons. The number of nitrogens with one attached hydrogen (secondary N) is 3. The lowest BCUT2D eigenvalue weighted by atomic mass is 10.0. The topological polar surface area (TPSA) is 231 Å². The predicted octanol–water partition coefficient (Wildman–Crippen LogP) is -1.90. The number of carbonyl (C=O) groups is 6. The molecule has 0 fully saturated rings. The van der Waals surface area contributed by atoms with Crippen molar-refractivity contribution in [2.24, 2.45) is 17.4 Å². The van der Waals surface area contributed by atoms with Crippen LogP contribution in [0.4, 0.5) is 0 Å². The van der Waals surface area contributed by atoms with Gasteiger partial charge in [-0.2, -0.15) is 0 Å². The van der Waals surface area contributed by atoms with Crippen LogP contribution in [-0.2, 0) is 35.2 Å². The Kier molecular flexibility index (Phi) is 11.3. The number of nitrogens with two attached hydrogens (primary N) is 2. The number of primary amides is 1. The van der Waals surface area contributed by atoms with Gasteiger partial charge in [-0.05, 0) is 11.5 Å². The molecule has 1 rings (SSSR count). The van der Waals surface area contributed by atoms with Crippen molar-refractivity contribution in [1.82, 2.24) is 16.0 Å². The van der Waals surface area contributed by atoms with Gasteiger partial charge in [0, 0.05) is 6.42 Å². The summed E-state index contributed by atoms with van der Waals surface area (Å²) in [6.45, 7) is 3.12. The summed E-state index contributed by atoms with van der Waals surface area (Å²) >= 11 is 0. The van der Waals surface area contributed by atoms with Gasteiger partial charge < -0.3 is 37.6 Å². The second-order valence-corrected chi connectivity index (χ2v) is 8.26. The number of aliphatic carboxylic acids is 2. The van der Waals surface area contributed by atoms with E-state index in [1.807, 2.05) is 0 Å². The predicted molar refractivity (Wildman–Crippen MR) is 122 cm³/mol. The third-order valence-corrected chi connectivity index (χ3v) is 4.92. The fraction of sp³-hybridized carbons (Fsp3) is 0.455. The minimum Gasteiger partial charge on any atom is -0.481 e. The van der Waals surface area contributed by atoms with Crippen molar-refractivity contribution in [1.29, 1.82) is 0 Å².